The molecule has 4 rings (SSSR count). The lowest BCUT2D eigenvalue weighted by molar-refractivity contribution is -0.113. The number of carbonyl (C=O) groups is 1. The van der Waals surface area contributed by atoms with Gasteiger partial charge in [0.2, 0.25) is 11.1 Å². The summed E-state index contributed by atoms with van der Waals surface area (Å²) in [6.07, 6.45) is 5.76. The number of nitrogens with zero attached hydrogens (tertiary/aromatic N) is 6. The van der Waals surface area contributed by atoms with E-state index in [2.05, 4.69) is 31.0 Å². The lowest BCUT2D eigenvalue weighted by atomic mass is 9.95. The molecular formula is C23H29N7OS. The number of aryl methyl sites for hydroxylation is 2. The summed E-state index contributed by atoms with van der Waals surface area (Å²) in [5.74, 6) is 1.16. The Hall–Kier alpha value is -2.86. The van der Waals surface area contributed by atoms with Crippen LogP contribution >= 0.6 is 11.8 Å². The second-order valence-corrected chi connectivity index (χ2v) is 9.50. The average molecular weight is 452 g/mol. The molecule has 8 nitrogen and oxygen atoms in total. The highest BCUT2D eigenvalue weighted by atomic mass is 32.2. The number of amides is 1. The van der Waals surface area contributed by atoms with Crippen molar-refractivity contribution in [2.45, 2.75) is 77.9 Å². The van der Waals surface area contributed by atoms with Gasteiger partial charge in [0, 0.05) is 23.1 Å². The van der Waals surface area contributed by atoms with Gasteiger partial charge in [-0.25, -0.2) is 9.50 Å². The summed E-state index contributed by atoms with van der Waals surface area (Å²) in [5, 5.41) is 17.8. The zero-order chi connectivity index (χ0) is 23.0. The Morgan fingerprint density at radius 3 is 2.50 bits per heavy atom. The molecule has 0 radical (unpaired) electrons. The second-order valence-electron chi connectivity index (χ2n) is 8.56. The maximum absolute atomic E-state index is 12.9. The van der Waals surface area contributed by atoms with E-state index in [1.54, 1.807) is 4.52 Å². The summed E-state index contributed by atoms with van der Waals surface area (Å²) < 4.78 is 3.90. The fraction of sp³-hybridized carbons (Fsp3) is 0.522. The molecule has 9 heteroatoms. The number of hydrogen-bond donors (Lipinski definition) is 1. The van der Waals surface area contributed by atoms with Gasteiger partial charge in [0.05, 0.1) is 11.3 Å². The summed E-state index contributed by atoms with van der Waals surface area (Å²) >= 11 is 1.27. The summed E-state index contributed by atoms with van der Waals surface area (Å²) in [6.45, 7) is 9.94. The van der Waals surface area contributed by atoms with Crippen molar-refractivity contribution in [2.24, 2.45) is 0 Å². The van der Waals surface area contributed by atoms with Gasteiger partial charge in [0.15, 0.2) is 0 Å². The first-order valence-corrected chi connectivity index (χ1v) is 12.0. The summed E-state index contributed by atoms with van der Waals surface area (Å²) in [7, 11) is 0. The number of hydrogen-bond acceptors (Lipinski definition) is 6. The van der Waals surface area contributed by atoms with E-state index in [-0.39, 0.29) is 11.7 Å². The van der Waals surface area contributed by atoms with Crippen LogP contribution in [0.1, 0.15) is 71.9 Å². The van der Waals surface area contributed by atoms with Crippen molar-refractivity contribution in [2.75, 3.05) is 11.1 Å². The summed E-state index contributed by atoms with van der Waals surface area (Å²) in [5.41, 5.74) is 5.56. The first-order valence-electron chi connectivity index (χ1n) is 11.1. The van der Waals surface area contributed by atoms with Crippen LogP contribution in [0.2, 0.25) is 0 Å². The number of nitriles is 1. The van der Waals surface area contributed by atoms with Crippen molar-refractivity contribution in [1.29, 1.82) is 5.26 Å². The topological polar surface area (TPSA) is 101 Å². The molecule has 0 aliphatic heterocycles. The van der Waals surface area contributed by atoms with Crippen LogP contribution in [0.25, 0.3) is 5.78 Å². The molecule has 3 aromatic rings. The van der Waals surface area contributed by atoms with Gasteiger partial charge in [-0.3, -0.25) is 4.79 Å². The van der Waals surface area contributed by atoms with Gasteiger partial charge in [-0.15, -0.1) is 5.10 Å². The van der Waals surface area contributed by atoms with Crippen LogP contribution in [0.4, 0.5) is 5.82 Å². The van der Waals surface area contributed by atoms with E-state index in [4.69, 9.17) is 0 Å². The normalized spacial score (nSPS) is 14.6. The van der Waals surface area contributed by atoms with Gasteiger partial charge in [0.1, 0.15) is 11.9 Å². The molecule has 3 aromatic heterocycles. The third-order valence-electron chi connectivity index (χ3n) is 6.64. The van der Waals surface area contributed by atoms with Crippen LogP contribution in [0.5, 0.6) is 0 Å². The van der Waals surface area contributed by atoms with Crippen LogP contribution in [0.15, 0.2) is 5.16 Å². The van der Waals surface area contributed by atoms with Crippen LogP contribution in [0, 0.1) is 45.9 Å². The third kappa shape index (κ3) is 3.99. The van der Waals surface area contributed by atoms with Crippen molar-refractivity contribution in [3.63, 3.8) is 0 Å². The Bertz CT molecular complexity index is 1230. The predicted octanol–water partition coefficient (Wildman–Crippen LogP) is 4.58. The molecule has 0 atom stereocenters. The quantitative estimate of drug-likeness (QED) is 0.570. The fourth-order valence-corrected chi connectivity index (χ4v) is 5.10. The first kappa shape index (κ1) is 22.3. The van der Waals surface area contributed by atoms with E-state index in [0.29, 0.717) is 28.4 Å². The zero-order valence-corrected chi connectivity index (χ0v) is 20.1. The Kier molecular flexibility index (Phi) is 6.24. The van der Waals surface area contributed by atoms with Crippen molar-refractivity contribution < 1.29 is 4.79 Å². The monoisotopic (exact) mass is 451 g/mol. The molecule has 1 N–H and O–H groups in total. The highest BCUT2D eigenvalue weighted by Crippen LogP contribution is 2.36. The van der Waals surface area contributed by atoms with Crippen molar-refractivity contribution in [3.05, 3.63) is 33.8 Å². The van der Waals surface area contributed by atoms with Crippen molar-refractivity contribution >= 4 is 29.3 Å². The Morgan fingerprint density at radius 2 is 1.81 bits per heavy atom. The van der Waals surface area contributed by atoms with Crippen molar-refractivity contribution in [1.82, 2.24) is 24.1 Å². The van der Waals surface area contributed by atoms with Gasteiger partial charge >= 0.3 is 0 Å². The SMILES string of the molecule is Cc1nc2nc(SCC(=O)Nc3c(C#N)c(C)c(C)n3C3CCCCC3)nn2c(C)c1C. The van der Waals surface area contributed by atoms with Crippen LogP contribution in [-0.4, -0.2) is 35.8 Å². The lowest BCUT2D eigenvalue weighted by Gasteiger charge is -2.27. The van der Waals surface area contributed by atoms with E-state index in [1.807, 2.05) is 34.6 Å². The Labute approximate surface area is 192 Å². The van der Waals surface area contributed by atoms with E-state index in [9.17, 15) is 10.1 Å². The number of thioether (sulfide) groups is 1. The first-order chi connectivity index (χ1) is 15.3. The summed E-state index contributed by atoms with van der Waals surface area (Å²) in [6, 6.07) is 2.63. The fourth-order valence-electron chi connectivity index (χ4n) is 4.48. The standard InChI is InChI=1S/C23H29N7OS/c1-13-15(3)25-22-27-23(28-30(22)17(13)5)32-12-20(31)26-21-19(11-24)14(2)16(4)29(21)18-9-7-6-8-10-18/h18H,6-10,12H2,1-5H3,(H,26,31). The molecule has 0 unspecified atom stereocenters. The highest BCUT2D eigenvalue weighted by molar-refractivity contribution is 7.99. The van der Waals surface area contributed by atoms with Crippen LogP contribution in [-0.2, 0) is 4.79 Å². The van der Waals surface area contributed by atoms with E-state index >= 15 is 0 Å². The van der Waals surface area contributed by atoms with Crippen LogP contribution in [0.3, 0.4) is 0 Å². The number of nitrogens with one attached hydrogen (secondary N) is 1. The van der Waals surface area contributed by atoms with E-state index in [0.717, 1.165) is 41.1 Å². The number of aromatic nitrogens is 5. The van der Waals surface area contributed by atoms with Gasteiger partial charge in [-0.1, -0.05) is 31.0 Å². The molecule has 0 saturated heterocycles. The minimum absolute atomic E-state index is 0.159. The zero-order valence-electron chi connectivity index (χ0n) is 19.3. The van der Waals surface area contributed by atoms with E-state index in [1.165, 1.54) is 31.0 Å². The molecule has 0 aromatic carbocycles. The maximum atomic E-state index is 12.9. The second kappa shape index (κ2) is 8.94. The lowest BCUT2D eigenvalue weighted by Crippen LogP contribution is -2.21. The van der Waals surface area contributed by atoms with Gasteiger partial charge < -0.3 is 9.88 Å². The molecule has 1 aliphatic rings. The molecule has 1 saturated carbocycles. The molecule has 0 spiro atoms. The molecule has 1 fully saturated rings. The number of anilines is 1. The maximum Gasteiger partial charge on any atom is 0.253 e. The van der Waals surface area contributed by atoms with Gasteiger partial charge in [-0.05, 0) is 58.6 Å². The number of carbonyl (C=O) groups excluding carboxylic acids is 1. The molecule has 1 aliphatic carbocycles. The molecular weight excluding hydrogens is 422 g/mol. The molecule has 168 valence electrons. The largest absolute Gasteiger partial charge is 0.327 e. The minimum atomic E-state index is -0.169. The Morgan fingerprint density at radius 1 is 1.09 bits per heavy atom. The molecule has 32 heavy (non-hydrogen) atoms. The highest BCUT2D eigenvalue weighted by Gasteiger charge is 2.26. The minimum Gasteiger partial charge on any atom is -0.327 e. The molecule has 3 heterocycles. The average Bonchev–Trinajstić information content (AvgIpc) is 3.29. The number of rotatable bonds is 5. The Balaban J connectivity index is 1.53. The van der Waals surface area contributed by atoms with Gasteiger partial charge in [0.25, 0.3) is 5.78 Å². The van der Waals surface area contributed by atoms with Crippen molar-refractivity contribution in [3.8, 4) is 6.07 Å². The molecule has 1 amide bonds. The third-order valence-corrected chi connectivity index (χ3v) is 7.48. The number of fused-ring (bicyclic) bond motifs is 1. The van der Waals surface area contributed by atoms with E-state index < -0.39 is 0 Å². The predicted molar refractivity (Wildman–Crippen MR) is 125 cm³/mol. The van der Waals surface area contributed by atoms with Gasteiger partial charge in [-0.2, -0.15) is 10.2 Å². The summed E-state index contributed by atoms with van der Waals surface area (Å²) in [4.78, 5) is 21.8. The smallest absolute Gasteiger partial charge is 0.253 e. The molecule has 0 bridgehead atoms. The van der Waals surface area contributed by atoms with Crippen LogP contribution < -0.4 is 5.32 Å².